The molecule has 0 radical (unpaired) electrons. The summed E-state index contributed by atoms with van der Waals surface area (Å²) in [5, 5.41) is 10.1. The van der Waals surface area contributed by atoms with Gasteiger partial charge in [0, 0.05) is 0 Å². The molecule has 0 spiro atoms. The van der Waals surface area contributed by atoms with Crippen molar-refractivity contribution in [2.24, 2.45) is 0 Å². The highest BCUT2D eigenvalue weighted by Gasteiger charge is 2.24. The first-order chi connectivity index (χ1) is 8.50. The molecular weight excluding hydrogens is 235 g/mol. The third kappa shape index (κ3) is 2.09. The van der Waals surface area contributed by atoms with Crippen molar-refractivity contribution in [2.45, 2.75) is 12.8 Å². The lowest BCUT2D eigenvalue weighted by Gasteiger charge is -2.12. The molecule has 0 fully saturated rings. The monoisotopic (exact) mass is 246 g/mol. The number of hydrogen-bond acceptors (Lipinski definition) is 2. The zero-order valence-corrected chi connectivity index (χ0v) is 9.68. The van der Waals surface area contributed by atoms with Crippen molar-refractivity contribution < 1.29 is 19.1 Å². The molecule has 18 heavy (non-hydrogen) atoms. The first-order valence-corrected chi connectivity index (χ1v) is 5.46. The minimum absolute atomic E-state index is 0.401. The molecule has 0 heterocycles. The van der Waals surface area contributed by atoms with Crippen LogP contribution in [0.1, 0.15) is 18.4 Å². The van der Waals surface area contributed by atoms with Crippen molar-refractivity contribution >= 4 is 22.5 Å². The number of halogens is 1. The van der Waals surface area contributed by atoms with Crippen LogP contribution >= 0.6 is 0 Å². The summed E-state index contributed by atoms with van der Waals surface area (Å²) in [6, 6.07) is 9.57. The van der Waals surface area contributed by atoms with Crippen LogP contribution in [-0.2, 0) is 9.59 Å². The smallest absolute Gasteiger partial charge is 0.372 e. The molecule has 0 aliphatic carbocycles. The third-order valence-corrected chi connectivity index (χ3v) is 2.93. The molecule has 3 nitrogen and oxygen atoms in total. The van der Waals surface area contributed by atoms with Crippen molar-refractivity contribution in [3.63, 3.8) is 0 Å². The number of benzene rings is 2. The van der Waals surface area contributed by atoms with E-state index in [-0.39, 0.29) is 0 Å². The normalized spacial score (nSPS) is 12.3. The highest BCUT2D eigenvalue weighted by molar-refractivity contribution is 6.35. The Bertz CT molecular complexity index is 634. The number of ketones is 1. The van der Waals surface area contributed by atoms with E-state index in [9.17, 15) is 14.0 Å². The fourth-order valence-electron chi connectivity index (χ4n) is 1.99. The van der Waals surface area contributed by atoms with Gasteiger partial charge in [-0.3, -0.25) is 4.79 Å². The molecular formula is C14H11FO3. The second kappa shape index (κ2) is 4.56. The van der Waals surface area contributed by atoms with Gasteiger partial charge in [-0.15, -0.1) is 0 Å². The maximum atomic E-state index is 13.5. The van der Waals surface area contributed by atoms with Crippen LogP contribution in [0.2, 0.25) is 0 Å². The quantitative estimate of drug-likeness (QED) is 0.847. The molecule has 2 aromatic rings. The number of aliphatic carboxylic acids is 1. The molecule has 0 amide bonds. The van der Waals surface area contributed by atoms with Crippen LogP contribution in [0.5, 0.6) is 0 Å². The molecule has 1 unspecified atom stereocenters. The highest BCUT2D eigenvalue weighted by Crippen LogP contribution is 2.27. The van der Waals surface area contributed by atoms with E-state index >= 15 is 0 Å². The summed E-state index contributed by atoms with van der Waals surface area (Å²) in [7, 11) is 0. The summed E-state index contributed by atoms with van der Waals surface area (Å²) in [5.41, 5.74) is 0.401. The molecule has 0 bridgehead atoms. The molecule has 0 aliphatic heterocycles. The van der Waals surface area contributed by atoms with Gasteiger partial charge >= 0.3 is 5.97 Å². The van der Waals surface area contributed by atoms with Crippen LogP contribution < -0.4 is 0 Å². The molecule has 2 rings (SSSR count). The Morgan fingerprint density at radius 3 is 2.56 bits per heavy atom. The predicted molar refractivity (Wildman–Crippen MR) is 65.0 cm³/mol. The number of carboxylic acids is 1. The zero-order chi connectivity index (χ0) is 13.3. The average molecular weight is 246 g/mol. The number of carbonyl (C=O) groups is 2. The van der Waals surface area contributed by atoms with Crippen molar-refractivity contribution in [2.75, 3.05) is 0 Å². The van der Waals surface area contributed by atoms with Gasteiger partial charge in [-0.1, -0.05) is 31.2 Å². The Morgan fingerprint density at radius 1 is 1.22 bits per heavy atom. The first-order valence-electron chi connectivity index (χ1n) is 5.46. The number of hydrogen-bond donors (Lipinski definition) is 1. The van der Waals surface area contributed by atoms with E-state index in [1.807, 2.05) is 0 Å². The van der Waals surface area contributed by atoms with Gasteiger partial charge in [0.1, 0.15) is 5.82 Å². The van der Waals surface area contributed by atoms with Crippen molar-refractivity contribution in [1.29, 1.82) is 0 Å². The molecule has 0 saturated heterocycles. The summed E-state index contributed by atoms with van der Waals surface area (Å²) < 4.78 is 13.5. The molecule has 1 atom stereocenters. The summed E-state index contributed by atoms with van der Waals surface area (Å²) in [5.74, 6) is -3.79. The predicted octanol–water partition coefficient (Wildman–Crippen LogP) is 2.74. The van der Waals surface area contributed by atoms with Gasteiger partial charge < -0.3 is 5.11 Å². The maximum Gasteiger partial charge on any atom is 0.372 e. The Morgan fingerprint density at radius 2 is 1.89 bits per heavy atom. The standard InChI is InChI=1S/C14H11FO3/c1-8(13(16)14(17)18)12-7-10(15)6-9-4-2-3-5-11(9)12/h2-8H,1H3,(H,17,18). The molecule has 0 aliphatic rings. The van der Waals surface area contributed by atoms with Crippen molar-refractivity contribution in [1.82, 2.24) is 0 Å². The van der Waals surface area contributed by atoms with Crippen LogP contribution in [0.3, 0.4) is 0 Å². The number of carbonyl (C=O) groups excluding carboxylic acids is 1. The second-order valence-electron chi connectivity index (χ2n) is 4.11. The zero-order valence-electron chi connectivity index (χ0n) is 9.68. The van der Waals surface area contributed by atoms with E-state index in [2.05, 4.69) is 0 Å². The largest absolute Gasteiger partial charge is 0.475 e. The molecule has 1 N–H and O–H groups in total. The van der Waals surface area contributed by atoms with Crippen molar-refractivity contribution in [3.05, 3.63) is 47.8 Å². The van der Waals surface area contributed by atoms with E-state index < -0.39 is 23.5 Å². The third-order valence-electron chi connectivity index (χ3n) is 2.93. The molecule has 0 saturated carbocycles. The summed E-state index contributed by atoms with van der Waals surface area (Å²) in [6.45, 7) is 1.47. The highest BCUT2D eigenvalue weighted by atomic mass is 19.1. The first kappa shape index (κ1) is 12.2. The summed E-state index contributed by atoms with van der Waals surface area (Å²) in [4.78, 5) is 22.2. The van der Waals surface area contributed by atoms with Gasteiger partial charge in [0.2, 0.25) is 5.78 Å². The van der Waals surface area contributed by atoms with Gasteiger partial charge in [-0.05, 0) is 28.5 Å². The Labute approximate surface area is 103 Å². The summed E-state index contributed by atoms with van der Waals surface area (Å²) in [6.07, 6.45) is 0. The van der Waals surface area contributed by atoms with Crippen LogP contribution in [0.4, 0.5) is 4.39 Å². The Hall–Kier alpha value is -2.23. The van der Waals surface area contributed by atoms with Crippen LogP contribution in [0.25, 0.3) is 10.8 Å². The van der Waals surface area contributed by atoms with E-state index in [0.29, 0.717) is 16.3 Å². The van der Waals surface area contributed by atoms with Crippen LogP contribution in [0.15, 0.2) is 36.4 Å². The van der Waals surface area contributed by atoms with Gasteiger partial charge in [-0.25, -0.2) is 9.18 Å². The second-order valence-corrected chi connectivity index (χ2v) is 4.11. The van der Waals surface area contributed by atoms with E-state index in [1.165, 1.54) is 19.1 Å². The lowest BCUT2D eigenvalue weighted by Crippen LogP contribution is -2.19. The lowest BCUT2D eigenvalue weighted by atomic mass is 9.91. The number of fused-ring (bicyclic) bond motifs is 1. The Balaban J connectivity index is 2.63. The Kier molecular flexibility index (Phi) is 3.10. The minimum Gasteiger partial charge on any atom is -0.475 e. The van der Waals surface area contributed by atoms with Crippen LogP contribution in [0, 0.1) is 5.82 Å². The number of rotatable bonds is 3. The van der Waals surface area contributed by atoms with Gasteiger partial charge in [-0.2, -0.15) is 0 Å². The van der Waals surface area contributed by atoms with Gasteiger partial charge in [0.25, 0.3) is 0 Å². The summed E-state index contributed by atoms with van der Waals surface area (Å²) >= 11 is 0. The van der Waals surface area contributed by atoms with E-state index in [4.69, 9.17) is 5.11 Å². The van der Waals surface area contributed by atoms with E-state index in [0.717, 1.165) is 0 Å². The molecule has 92 valence electrons. The average Bonchev–Trinajstić information content (AvgIpc) is 2.35. The molecule has 4 heteroatoms. The topological polar surface area (TPSA) is 54.4 Å². The fourth-order valence-corrected chi connectivity index (χ4v) is 1.99. The number of carboxylic acid groups (broad SMARTS) is 1. The number of Topliss-reactive ketones (excluding diaryl/α,β-unsaturated/α-hetero) is 1. The minimum atomic E-state index is -1.50. The van der Waals surface area contributed by atoms with Crippen LogP contribution in [-0.4, -0.2) is 16.9 Å². The lowest BCUT2D eigenvalue weighted by molar-refractivity contribution is -0.149. The van der Waals surface area contributed by atoms with Crippen molar-refractivity contribution in [3.8, 4) is 0 Å². The van der Waals surface area contributed by atoms with Gasteiger partial charge in [0.05, 0.1) is 5.92 Å². The van der Waals surface area contributed by atoms with Gasteiger partial charge in [0.15, 0.2) is 0 Å². The maximum absolute atomic E-state index is 13.5. The molecule has 0 aromatic heterocycles. The SMILES string of the molecule is CC(C(=O)C(=O)O)c1cc(F)cc2ccccc12. The molecule has 2 aromatic carbocycles. The fraction of sp³-hybridized carbons (Fsp3) is 0.143. The van der Waals surface area contributed by atoms with E-state index in [1.54, 1.807) is 24.3 Å².